The van der Waals surface area contributed by atoms with Crippen molar-refractivity contribution in [3.63, 3.8) is 0 Å². The van der Waals surface area contributed by atoms with Gasteiger partial charge in [0.2, 0.25) is 5.91 Å². The van der Waals surface area contributed by atoms with Crippen molar-refractivity contribution in [2.24, 2.45) is 0 Å². The quantitative estimate of drug-likeness (QED) is 0.385. The summed E-state index contributed by atoms with van der Waals surface area (Å²) in [4.78, 5) is 19.7. The third-order valence-electron chi connectivity index (χ3n) is 6.59. The summed E-state index contributed by atoms with van der Waals surface area (Å²) in [7, 11) is 0. The van der Waals surface area contributed by atoms with Crippen LogP contribution in [0.4, 0.5) is 13.2 Å². The molecular formula is C27H24F3N3O. The number of amides is 1. The van der Waals surface area contributed by atoms with Crippen molar-refractivity contribution >= 4 is 11.6 Å². The molecule has 2 aromatic carbocycles. The van der Waals surface area contributed by atoms with Crippen molar-refractivity contribution in [2.75, 3.05) is 6.54 Å². The number of hydrogen-bond donors (Lipinski definition) is 0. The van der Waals surface area contributed by atoms with Gasteiger partial charge in [0.25, 0.3) is 0 Å². The summed E-state index contributed by atoms with van der Waals surface area (Å²) < 4.78 is 42.4. The Kier molecular flexibility index (Phi) is 5.63. The molecule has 1 aliphatic heterocycles. The van der Waals surface area contributed by atoms with E-state index in [1.165, 1.54) is 11.6 Å². The molecule has 1 unspecified atom stereocenters. The molecule has 174 valence electrons. The number of carbonyl (C=O) groups is 1. The minimum Gasteiger partial charge on any atom is -0.338 e. The van der Waals surface area contributed by atoms with Crippen LogP contribution in [0.2, 0.25) is 0 Å². The largest absolute Gasteiger partial charge is 0.416 e. The van der Waals surface area contributed by atoms with Crippen molar-refractivity contribution in [1.29, 1.82) is 0 Å². The molecule has 4 nitrogen and oxygen atoms in total. The minimum absolute atomic E-state index is 0.0611. The summed E-state index contributed by atoms with van der Waals surface area (Å²) in [5.74, 6) is -0.650. The minimum atomic E-state index is -4.46. The number of imidazole rings is 1. The Morgan fingerprint density at radius 1 is 1.03 bits per heavy atom. The number of fused-ring (bicyclic) bond motifs is 2. The Morgan fingerprint density at radius 2 is 1.79 bits per heavy atom. The number of pyridine rings is 1. The molecule has 0 radical (unpaired) electrons. The van der Waals surface area contributed by atoms with Gasteiger partial charge in [0, 0.05) is 37.3 Å². The van der Waals surface area contributed by atoms with E-state index in [9.17, 15) is 18.0 Å². The number of rotatable bonds is 4. The van der Waals surface area contributed by atoms with Crippen LogP contribution < -0.4 is 0 Å². The number of hydrogen-bond acceptors (Lipinski definition) is 2. The molecule has 0 fully saturated rings. The van der Waals surface area contributed by atoms with Crippen molar-refractivity contribution in [3.05, 3.63) is 107 Å². The lowest BCUT2D eigenvalue weighted by molar-refractivity contribution is -0.137. The fraction of sp³-hybridized carbons (Fsp3) is 0.259. The summed E-state index contributed by atoms with van der Waals surface area (Å²) in [5, 5.41) is 0. The SMILES string of the molecule is Cc1cccc2ncc(C(CC(=O)N3CCc4ccccc4C3)c3cccc(C(F)(F)F)c3)n12. The predicted molar refractivity (Wildman–Crippen MR) is 123 cm³/mol. The summed E-state index contributed by atoms with van der Waals surface area (Å²) in [5.41, 5.74) is 4.39. The second-order valence-electron chi connectivity index (χ2n) is 8.76. The number of aromatic nitrogens is 2. The first-order valence-electron chi connectivity index (χ1n) is 11.3. The topological polar surface area (TPSA) is 37.6 Å². The number of nitrogens with zero attached hydrogens (tertiary/aromatic N) is 3. The van der Waals surface area contributed by atoms with Crippen LogP contribution in [0.15, 0.2) is 72.9 Å². The molecule has 5 rings (SSSR count). The zero-order valence-electron chi connectivity index (χ0n) is 18.7. The second kappa shape index (κ2) is 8.63. The second-order valence-corrected chi connectivity index (χ2v) is 8.76. The molecule has 34 heavy (non-hydrogen) atoms. The van der Waals surface area contributed by atoms with Crippen LogP contribution in [0.1, 0.15) is 46.0 Å². The summed E-state index contributed by atoms with van der Waals surface area (Å²) in [6, 6.07) is 19.0. The molecule has 1 aliphatic rings. The van der Waals surface area contributed by atoms with Gasteiger partial charge in [-0.2, -0.15) is 13.2 Å². The first kappa shape index (κ1) is 22.2. The Balaban J connectivity index is 1.53. The zero-order valence-corrected chi connectivity index (χ0v) is 18.7. The highest BCUT2D eigenvalue weighted by Crippen LogP contribution is 2.35. The number of carbonyl (C=O) groups excluding carboxylic acids is 1. The maximum atomic E-state index is 13.5. The zero-order chi connectivity index (χ0) is 23.9. The first-order valence-corrected chi connectivity index (χ1v) is 11.3. The molecule has 0 N–H and O–H groups in total. The van der Waals surface area contributed by atoms with E-state index in [1.54, 1.807) is 17.2 Å². The smallest absolute Gasteiger partial charge is 0.338 e. The Labute approximate surface area is 195 Å². The highest BCUT2D eigenvalue weighted by Gasteiger charge is 2.33. The normalized spacial score (nSPS) is 14.8. The molecule has 0 aliphatic carbocycles. The molecule has 3 heterocycles. The lowest BCUT2D eigenvalue weighted by atomic mass is 9.90. The molecule has 0 spiro atoms. The van der Waals surface area contributed by atoms with Crippen molar-refractivity contribution in [1.82, 2.24) is 14.3 Å². The van der Waals surface area contributed by atoms with Gasteiger partial charge >= 0.3 is 6.18 Å². The van der Waals surface area contributed by atoms with Crippen molar-refractivity contribution in [2.45, 2.75) is 38.4 Å². The van der Waals surface area contributed by atoms with Gasteiger partial charge < -0.3 is 9.30 Å². The van der Waals surface area contributed by atoms with Crippen LogP contribution in [0.3, 0.4) is 0 Å². The van der Waals surface area contributed by atoms with E-state index in [-0.39, 0.29) is 12.3 Å². The standard InChI is InChI=1S/C27H24F3N3O/c1-18-6-4-11-25-31-16-24(33(18)25)23(20-9-5-10-22(14-20)27(28,29)30)15-26(34)32-13-12-19-7-2-3-8-21(19)17-32/h2-11,14,16,23H,12-13,15,17H2,1H3. The Hall–Kier alpha value is -3.61. The van der Waals surface area contributed by atoms with E-state index in [2.05, 4.69) is 11.1 Å². The predicted octanol–water partition coefficient (Wildman–Crippen LogP) is 5.77. The van der Waals surface area contributed by atoms with E-state index < -0.39 is 17.7 Å². The van der Waals surface area contributed by atoms with Crippen LogP contribution >= 0.6 is 0 Å². The van der Waals surface area contributed by atoms with Crippen molar-refractivity contribution < 1.29 is 18.0 Å². The van der Waals surface area contributed by atoms with E-state index >= 15 is 0 Å². The number of alkyl halides is 3. The van der Waals surface area contributed by atoms with Crippen LogP contribution in [0, 0.1) is 6.92 Å². The molecule has 4 aromatic rings. The monoisotopic (exact) mass is 463 g/mol. The van der Waals surface area contributed by atoms with Crippen LogP contribution in [-0.4, -0.2) is 26.7 Å². The molecule has 0 bridgehead atoms. The van der Waals surface area contributed by atoms with Crippen LogP contribution in [-0.2, 0) is 23.9 Å². The fourth-order valence-electron chi connectivity index (χ4n) is 4.81. The maximum absolute atomic E-state index is 13.5. The van der Waals surface area contributed by atoms with Gasteiger partial charge in [0.05, 0.1) is 11.3 Å². The van der Waals surface area contributed by atoms with Crippen LogP contribution in [0.5, 0.6) is 0 Å². The highest BCUT2D eigenvalue weighted by atomic mass is 19.4. The summed E-state index contributed by atoms with van der Waals surface area (Å²) >= 11 is 0. The average Bonchev–Trinajstić information content (AvgIpc) is 3.27. The average molecular weight is 464 g/mol. The lowest BCUT2D eigenvalue weighted by Crippen LogP contribution is -2.36. The number of aryl methyl sites for hydroxylation is 1. The maximum Gasteiger partial charge on any atom is 0.416 e. The molecule has 0 saturated heterocycles. The van der Waals surface area contributed by atoms with E-state index in [1.807, 2.05) is 47.7 Å². The van der Waals surface area contributed by atoms with Gasteiger partial charge in [0.1, 0.15) is 5.65 Å². The van der Waals surface area contributed by atoms with Gasteiger partial charge in [-0.1, -0.05) is 48.5 Å². The van der Waals surface area contributed by atoms with Gasteiger partial charge in [-0.05, 0) is 48.2 Å². The Bertz CT molecular complexity index is 1360. The molecular weight excluding hydrogens is 439 g/mol. The molecule has 7 heteroatoms. The molecule has 0 saturated carbocycles. The van der Waals surface area contributed by atoms with Gasteiger partial charge in [-0.15, -0.1) is 0 Å². The fourth-order valence-corrected chi connectivity index (χ4v) is 4.81. The third kappa shape index (κ3) is 4.18. The summed E-state index contributed by atoms with van der Waals surface area (Å²) in [6.45, 7) is 3.03. The van der Waals surface area contributed by atoms with Gasteiger partial charge in [-0.25, -0.2) is 4.98 Å². The number of halogens is 3. The lowest BCUT2D eigenvalue weighted by Gasteiger charge is -2.30. The third-order valence-corrected chi connectivity index (χ3v) is 6.59. The van der Waals surface area contributed by atoms with E-state index in [0.29, 0.717) is 30.0 Å². The van der Waals surface area contributed by atoms with Gasteiger partial charge in [0.15, 0.2) is 0 Å². The van der Waals surface area contributed by atoms with Gasteiger partial charge in [-0.3, -0.25) is 4.79 Å². The first-order chi connectivity index (χ1) is 16.3. The van der Waals surface area contributed by atoms with E-state index in [0.717, 1.165) is 29.8 Å². The molecule has 1 atom stereocenters. The van der Waals surface area contributed by atoms with Crippen molar-refractivity contribution in [3.8, 4) is 0 Å². The highest BCUT2D eigenvalue weighted by molar-refractivity contribution is 5.78. The summed E-state index contributed by atoms with van der Waals surface area (Å²) in [6.07, 6.45) is -1.96. The number of benzene rings is 2. The molecule has 1 amide bonds. The van der Waals surface area contributed by atoms with E-state index in [4.69, 9.17) is 0 Å². The molecule has 2 aromatic heterocycles. The van der Waals surface area contributed by atoms with Crippen LogP contribution in [0.25, 0.3) is 5.65 Å². The Morgan fingerprint density at radius 3 is 2.59 bits per heavy atom.